The van der Waals surface area contributed by atoms with Crippen molar-refractivity contribution in [1.29, 1.82) is 5.41 Å². The fourth-order valence-electron chi connectivity index (χ4n) is 2.80. The van der Waals surface area contributed by atoms with Gasteiger partial charge in [-0.15, -0.1) is 0 Å². The Morgan fingerprint density at radius 3 is 2.12 bits per heavy atom. The van der Waals surface area contributed by atoms with Gasteiger partial charge in [0, 0.05) is 26.3 Å². The summed E-state index contributed by atoms with van der Waals surface area (Å²) in [5, 5.41) is 14.7. The molecule has 1 rings (SSSR count). The number of nitrogens with one attached hydrogen (secondary N) is 4. The number of esters is 1. The number of hydrogen-bond donors (Lipinski definition) is 4. The summed E-state index contributed by atoms with van der Waals surface area (Å²) in [6.45, 7) is 3.40. The molecule has 10 heteroatoms. The Kier molecular flexibility index (Phi) is 11.3. The average Bonchev–Trinajstić information content (AvgIpc) is 2.77. The summed E-state index contributed by atoms with van der Waals surface area (Å²) in [6.07, 6.45) is 0.392. The van der Waals surface area contributed by atoms with Gasteiger partial charge in [0.2, 0.25) is 17.7 Å². The second-order valence-electron chi connectivity index (χ2n) is 7.28. The average molecular weight is 447 g/mol. The first-order valence-electron chi connectivity index (χ1n) is 10.2. The van der Waals surface area contributed by atoms with E-state index in [1.165, 1.54) is 14.0 Å². The normalized spacial score (nSPS) is 12.1. The van der Waals surface area contributed by atoms with E-state index in [0.717, 1.165) is 11.1 Å². The number of aryl methyl sites for hydroxylation is 1. The van der Waals surface area contributed by atoms with E-state index in [0.29, 0.717) is 6.21 Å². The lowest BCUT2D eigenvalue weighted by Gasteiger charge is -2.22. The summed E-state index contributed by atoms with van der Waals surface area (Å²) < 4.78 is 4.56. The minimum Gasteiger partial charge on any atom is -0.469 e. The Labute approximate surface area is 187 Å². The lowest BCUT2D eigenvalue weighted by molar-refractivity contribution is -0.141. The van der Waals surface area contributed by atoms with E-state index in [1.807, 2.05) is 31.2 Å². The summed E-state index contributed by atoms with van der Waals surface area (Å²) >= 11 is 0. The van der Waals surface area contributed by atoms with Crippen molar-refractivity contribution in [2.75, 3.05) is 7.11 Å². The van der Waals surface area contributed by atoms with Gasteiger partial charge < -0.3 is 26.1 Å². The largest absolute Gasteiger partial charge is 0.469 e. The molecule has 0 bridgehead atoms. The number of carbonyl (C=O) groups excluding carboxylic acids is 5. The van der Waals surface area contributed by atoms with Gasteiger partial charge in [-0.05, 0) is 25.3 Å². The summed E-state index contributed by atoms with van der Waals surface area (Å²) in [6, 6.07) is 5.41. The zero-order valence-electron chi connectivity index (χ0n) is 18.5. The van der Waals surface area contributed by atoms with Crippen molar-refractivity contribution in [3.8, 4) is 0 Å². The van der Waals surface area contributed by atoms with Crippen LogP contribution in [0.1, 0.15) is 43.7 Å². The van der Waals surface area contributed by atoms with Gasteiger partial charge in [0.15, 0.2) is 5.78 Å². The fraction of sp³-hybridized carbons (Fsp3) is 0.455. The molecule has 0 aliphatic heterocycles. The van der Waals surface area contributed by atoms with Crippen LogP contribution in [-0.2, 0) is 35.3 Å². The molecular weight excluding hydrogens is 416 g/mol. The van der Waals surface area contributed by atoms with E-state index >= 15 is 0 Å². The summed E-state index contributed by atoms with van der Waals surface area (Å²) in [7, 11) is 1.21. The van der Waals surface area contributed by atoms with Gasteiger partial charge in [0.25, 0.3) is 0 Å². The Balaban J connectivity index is 2.87. The SMILES string of the molecule is COC(=O)CC[C@H](NC(C)=O)C(=O)N[C@@H](CCC(=O)C=N)C(=O)NCc1ccc(C)cc1. The highest BCUT2D eigenvalue weighted by molar-refractivity contribution is 6.26. The summed E-state index contributed by atoms with van der Waals surface area (Å²) in [5.74, 6) is -2.68. The smallest absolute Gasteiger partial charge is 0.305 e. The summed E-state index contributed by atoms with van der Waals surface area (Å²) in [5.41, 5.74) is 1.94. The van der Waals surface area contributed by atoms with Gasteiger partial charge in [-0.1, -0.05) is 29.8 Å². The van der Waals surface area contributed by atoms with E-state index in [2.05, 4.69) is 20.7 Å². The predicted octanol–water partition coefficient (Wildman–Crippen LogP) is 0.553. The predicted molar refractivity (Wildman–Crippen MR) is 117 cm³/mol. The zero-order chi connectivity index (χ0) is 24.1. The molecule has 0 radical (unpaired) electrons. The molecule has 10 nitrogen and oxygen atoms in total. The van der Waals surface area contributed by atoms with Crippen molar-refractivity contribution in [3.05, 3.63) is 35.4 Å². The lowest BCUT2D eigenvalue weighted by atomic mass is 10.1. The molecular formula is C22H30N4O6. The minimum absolute atomic E-state index is 0.0186. The van der Waals surface area contributed by atoms with Crippen LogP contribution in [0.5, 0.6) is 0 Å². The Bertz CT molecular complexity index is 837. The van der Waals surface area contributed by atoms with Crippen LogP contribution < -0.4 is 16.0 Å². The molecule has 1 aromatic rings. The van der Waals surface area contributed by atoms with Gasteiger partial charge in [-0.3, -0.25) is 24.0 Å². The van der Waals surface area contributed by atoms with Crippen LogP contribution in [-0.4, -0.2) is 54.9 Å². The third kappa shape index (κ3) is 9.96. The van der Waals surface area contributed by atoms with Crippen LogP contribution in [0.3, 0.4) is 0 Å². The molecule has 3 amide bonds. The highest BCUT2D eigenvalue weighted by Gasteiger charge is 2.27. The van der Waals surface area contributed by atoms with E-state index in [9.17, 15) is 24.0 Å². The number of carbonyl (C=O) groups is 5. The van der Waals surface area contributed by atoms with E-state index < -0.39 is 41.6 Å². The van der Waals surface area contributed by atoms with Crippen LogP contribution in [0.25, 0.3) is 0 Å². The molecule has 0 fully saturated rings. The van der Waals surface area contributed by atoms with Gasteiger partial charge in [0.1, 0.15) is 12.1 Å². The molecule has 0 spiro atoms. The van der Waals surface area contributed by atoms with E-state index in [-0.39, 0.29) is 32.2 Å². The molecule has 0 saturated heterocycles. The molecule has 32 heavy (non-hydrogen) atoms. The molecule has 0 saturated carbocycles. The van der Waals surface area contributed by atoms with Crippen LogP contribution in [0, 0.1) is 12.3 Å². The number of amides is 3. The number of benzene rings is 1. The molecule has 1 aromatic carbocycles. The first-order valence-corrected chi connectivity index (χ1v) is 10.2. The standard InChI is InChI=1S/C22H30N4O6/c1-14-4-6-16(7-5-14)13-24-21(30)18(9-8-17(28)12-23)26-22(31)19(25-15(2)27)10-11-20(29)32-3/h4-7,12,18-19,23H,8-11,13H2,1-3H3,(H,24,30)(H,25,27)(H,26,31)/t18-,19-/m0/s1. The van der Waals surface area contributed by atoms with Gasteiger partial charge in [-0.2, -0.15) is 0 Å². The van der Waals surface area contributed by atoms with Crippen molar-refractivity contribution >= 4 is 35.7 Å². The first-order chi connectivity index (χ1) is 15.2. The molecule has 0 unspecified atom stereocenters. The summed E-state index contributed by atoms with van der Waals surface area (Å²) in [4.78, 5) is 59.9. The number of ketones is 1. The highest BCUT2D eigenvalue weighted by Crippen LogP contribution is 2.06. The molecule has 174 valence electrons. The second-order valence-corrected chi connectivity index (χ2v) is 7.28. The molecule has 0 aliphatic rings. The molecule has 2 atom stereocenters. The van der Waals surface area contributed by atoms with Gasteiger partial charge >= 0.3 is 5.97 Å². The van der Waals surface area contributed by atoms with Crippen molar-refractivity contribution < 1.29 is 28.7 Å². The third-order valence-corrected chi connectivity index (χ3v) is 4.62. The van der Waals surface area contributed by atoms with Crippen molar-refractivity contribution in [2.45, 2.75) is 58.2 Å². The maximum atomic E-state index is 12.7. The van der Waals surface area contributed by atoms with Gasteiger partial charge in [0.05, 0.1) is 13.3 Å². The number of ether oxygens (including phenoxy) is 1. The number of Topliss-reactive ketones (excluding diaryl/α,β-unsaturated/α-hetero) is 1. The first kappa shape index (κ1) is 26.5. The number of methoxy groups -OCH3 is 1. The van der Waals surface area contributed by atoms with Crippen molar-refractivity contribution in [1.82, 2.24) is 16.0 Å². The Morgan fingerprint density at radius 1 is 0.969 bits per heavy atom. The minimum atomic E-state index is -1.06. The van der Waals surface area contributed by atoms with Crippen molar-refractivity contribution in [3.63, 3.8) is 0 Å². The molecule has 0 aromatic heterocycles. The zero-order valence-corrected chi connectivity index (χ0v) is 18.5. The Hall–Kier alpha value is -3.56. The van der Waals surface area contributed by atoms with E-state index in [1.54, 1.807) is 0 Å². The molecule has 0 aliphatic carbocycles. The second kappa shape index (κ2) is 13.7. The van der Waals surface area contributed by atoms with Crippen LogP contribution >= 0.6 is 0 Å². The van der Waals surface area contributed by atoms with Gasteiger partial charge in [-0.25, -0.2) is 0 Å². The fourth-order valence-corrected chi connectivity index (χ4v) is 2.80. The maximum absolute atomic E-state index is 12.7. The van der Waals surface area contributed by atoms with E-state index in [4.69, 9.17) is 5.41 Å². The monoisotopic (exact) mass is 446 g/mol. The van der Waals surface area contributed by atoms with Crippen molar-refractivity contribution in [2.24, 2.45) is 0 Å². The van der Waals surface area contributed by atoms with Crippen LogP contribution in [0.15, 0.2) is 24.3 Å². The van der Waals surface area contributed by atoms with Crippen LogP contribution in [0.2, 0.25) is 0 Å². The lowest BCUT2D eigenvalue weighted by Crippen LogP contribution is -2.53. The maximum Gasteiger partial charge on any atom is 0.305 e. The molecule has 4 N–H and O–H groups in total. The quantitative estimate of drug-likeness (QED) is 0.256. The third-order valence-electron chi connectivity index (χ3n) is 4.62. The van der Waals surface area contributed by atoms with Crippen LogP contribution in [0.4, 0.5) is 0 Å². The highest BCUT2D eigenvalue weighted by atomic mass is 16.5. The topological polar surface area (TPSA) is 155 Å². The Morgan fingerprint density at radius 2 is 1.56 bits per heavy atom. The molecule has 0 heterocycles. The number of hydrogen-bond acceptors (Lipinski definition) is 7. The number of rotatable bonds is 13.